The molecule has 1 saturated carbocycles. The lowest BCUT2D eigenvalue weighted by Crippen LogP contribution is -2.37. The number of hydrogen-bond acceptors (Lipinski definition) is 5. The van der Waals surface area contributed by atoms with Gasteiger partial charge in [0.05, 0.1) is 16.1 Å². The Kier molecular flexibility index (Phi) is 6.95. The molecule has 1 aliphatic rings. The molecule has 0 saturated heterocycles. The van der Waals surface area contributed by atoms with Crippen LogP contribution in [0.4, 0.5) is 24.9 Å². The summed E-state index contributed by atoms with van der Waals surface area (Å²) in [4.78, 5) is 11.4. The monoisotopic (exact) mass is 477 g/mol. The number of alkyl halides is 3. The number of halogens is 4. The first-order chi connectivity index (χ1) is 15.7. The second-order valence-electron chi connectivity index (χ2n) is 8.63. The summed E-state index contributed by atoms with van der Waals surface area (Å²) in [5.41, 5.74) is 0.573. The summed E-state index contributed by atoms with van der Waals surface area (Å²) in [7, 11) is 3.93. The summed E-state index contributed by atoms with van der Waals surface area (Å²) in [6.45, 7) is 0.311. The highest BCUT2D eigenvalue weighted by molar-refractivity contribution is 6.32. The van der Waals surface area contributed by atoms with Gasteiger partial charge in [0, 0.05) is 38.1 Å². The van der Waals surface area contributed by atoms with Crippen LogP contribution in [0.2, 0.25) is 5.02 Å². The topological polar surface area (TPSA) is 53.1 Å². The number of nitrogens with zero attached hydrogens (tertiary/aromatic N) is 3. The Morgan fingerprint density at radius 1 is 0.970 bits per heavy atom. The second-order valence-corrected chi connectivity index (χ2v) is 9.01. The van der Waals surface area contributed by atoms with E-state index in [1.807, 2.05) is 43.3 Å². The number of para-hydroxylation sites is 1. The SMILES string of the molecule is CN(C)c1nc(NC2CCC(NCc3cccc(C(F)(F)F)c3Cl)CC2)nc2ccccc12. The fourth-order valence-electron chi connectivity index (χ4n) is 4.28. The highest BCUT2D eigenvalue weighted by atomic mass is 35.5. The number of anilines is 2. The first kappa shape index (κ1) is 23.6. The largest absolute Gasteiger partial charge is 0.417 e. The van der Waals surface area contributed by atoms with E-state index >= 15 is 0 Å². The molecule has 9 heteroatoms. The fraction of sp³-hybridized carbons (Fsp3) is 0.417. The number of rotatable bonds is 6. The fourth-order valence-corrected chi connectivity index (χ4v) is 4.58. The zero-order chi connectivity index (χ0) is 23.6. The molecular weight excluding hydrogens is 451 g/mol. The maximum Gasteiger partial charge on any atom is 0.417 e. The van der Waals surface area contributed by atoms with E-state index in [0.29, 0.717) is 18.1 Å². The van der Waals surface area contributed by atoms with Gasteiger partial charge in [-0.1, -0.05) is 35.9 Å². The van der Waals surface area contributed by atoms with E-state index in [1.165, 1.54) is 6.07 Å². The van der Waals surface area contributed by atoms with Gasteiger partial charge < -0.3 is 15.5 Å². The predicted octanol–water partition coefficient (Wildman–Crippen LogP) is 5.88. The minimum atomic E-state index is -4.45. The first-order valence-electron chi connectivity index (χ1n) is 11.0. The van der Waals surface area contributed by atoms with E-state index in [1.54, 1.807) is 6.07 Å². The Morgan fingerprint density at radius 2 is 1.67 bits per heavy atom. The molecule has 0 atom stereocenters. The minimum absolute atomic E-state index is 0.224. The van der Waals surface area contributed by atoms with Gasteiger partial charge in [-0.15, -0.1) is 0 Å². The maximum absolute atomic E-state index is 13.1. The molecule has 1 fully saturated rings. The maximum atomic E-state index is 13.1. The molecule has 4 rings (SSSR count). The van der Waals surface area contributed by atoms with Crippen molar-refractivity contribution in [3.63, 3.8) is 0 Å². The lowest BCUT2D eigenvalue weighted by Gasteiger charge is -2.30. The summed E-state index contributed by atoms with van der Waals surface area (Å²) in [6.07, 6.45) is -0.804. The van der Waals surface area contributed by atoms with Gasteiger partial charge >= 0.3 is 6.18 Å². The van der Waals surface area contributed by atoms with Gasteiger partial charge in [-0.2, -0.15) is 18.2 Å². The van der Waals surface area contributed by atoms with Crippen molar-refractivity contribution in [2.45, 2.75) is 50.5 Å². The third kappa shape index (κ3) is 5.50. The number of fused-ring (bicyclic) bond motifs is 1. The van der Waals surface area contributed by atoms with E-state index in [0.717, 1.165) is 48.5 Å². The Labute approximate surface area is 196 Å². The van der Waals surface area contributed by atoms with E-state index in [-0.39, 0.29) is 17.1 Å². The zero-order valence-corrected chi connectivity index (χ0v) is 19.3. The zero-order valence-electron chi connectivity index (χ0n) is 18.6. The molecule has 0 amide bonds. The average Bonchev–Trinajstić information content (AvgIpc) is 2.78. The molecule has 1 aliphatic carbocycles. The highest BCUT2D eigenvalue weighted by Gasteiger charge is 2.33. The van der Waals surface area contributed by atoms with Crippen LogP contribution in [0.3, 0.4) is 0 Å². The van der Waals surface area contributed by atoms with E-state index in [4.69, 9.17) is 16.6 Å². The number of nitrogens with one attached hydrogen (secondary N) is 2. The van der Waals surface area contributed by atoms with Crippen LogP contribution in [-0.4, -0.2) is 36.1 Å². The number of aromatic nitrogens is 2. The highest BCUT2D eigenvalue weighted by Crippen LogP contribution is 2.36. The van der Waals surface area contributed by atoms with Crippen LogP contribution < -0.4 is 15.5 Å². The van der Waals surface area contributed by atoms with Crippen molar-refractivity contribution in [1.82, 2.24) is 15.3 Å². The Balaban J connectivity index is 1.35. The molecule has 1 aromatic heterocycles. The van der Waals surface area contributed by atoms with Crippen molar-refractivity contribution in [1.29, 1.82) is 0 Å². The van der Waals surface area contributed by atoms with Crippen molar-refractivity contribution in [2.75, 3.05) is 24.3 Å². The van der Waals surface area contributed by atoms with Crippen LogP contribution in [-0.2, 0) is 12.7 Å². The average molecular weight is 478 g/mol. The van der Waals surface area contributed by atoms with Gasteiger partial charge in [0.2, 0.25) is 5.95 Å². The molecule has 2 aromatic carbocycles. The molecule has 0 radical (unpaired) electrons. The summed E-state index contributed by atoms with van der Waals surface area (Å²) < 4.78 is 39.2. The smallest absolute Gasteiger partial charge is 0.362 e. The summed E-state index contributed by atoms with van der Waals surface area (Å²) >= 11 is 6.01. The van der Waals surface area contributed by atoms with E-state index in [9.17, 15) is 13.2 Å². The predicted molar refractivity (Wildman–Crippen MR) is 127 cm³/mol. The Morgan fingerprint density at radius 3 is 2.36 bits per heavy atom. The molecule has 176 valence electrons. The Hall–Kier alpha value is -2.58. The number of hydrogen-bond donors (Lipinski definition) is 2. The Bertz CT molecular complexity index is 1110. The van der Waals surface area contributed by atoms with Crippen LogP contribution in [0.5, 0.6) is 0 Å². The molecule has 2 N–H and O–H groups in total. The van der Waals surface area contributed by atoms with Crippen LogP contribution in [0.15, 0.2) is 42.5 Å². The van der Waals surface area contributed by atoms with Gasteiger partial charge in [-0.3, -0.25) is 0 Å². The van der Waals surface area contributed by atoms with Crippen LogP contribution in [0.25, 0.3) is 10.9 Å². The standard InChI is InChI=1S/C24H27ClF3N5/c1-33(2)22-18-7-3-4-9-20(18)31-23(32-22)30-17-12-10-16(11-13-17)29-14-15-6-5-8-19(21(15)25)24(26,27)28/h3-9,16-17,29H,10-14H2,1-2H3,(H,30,31,32). The third-order valence-electron chi connectivity index (χ3n) is 6.03. The number of benzene rings is 2. The van der Waals surface area contributed by atoms with Gasteiger partial charge in [0.25, 0.3) is 0 Å². The quantitative estimate of drug-likeness (QED) is 0.464. The minimum Gasteiger partial charge on any atom is -0.362 e. The molecule has 0 spiro atoms. The van der Waals surface area contributed by atoms with Crippen molar-refractivity contribution >= 4 is 34.3 Å². The second kappa shape index (κ2) is 9.73. The first-order valence-corrected chi connectivity index (χ1v) is 11.4. The molecule has 0 bridgehead atoms. The van der Waals surface area contributed by atoms with E-state index < -0.39 is 11.7 Å². The van der Waals surface area contributed by atoms with Crippen molar-refractivity contribution in [2.24, 2.45) is 0 Å². The van der Waals surface area contributed by atoms with Gasteiger partial charge in [-0.25, -0.2) is 4.98 Å². The summed E-state index contributed by atoms with van der Waals surface area (Å²) in [6, 6.07) is 12.5. The molecule has 33 heavy (non-hydrogen) atoms. The van der Waals surface area contributed by atoms with Crippen molar-refractivity contribution in [3.05, 3.63) is 58.6 Å². The molecule has 1 heterocycles. The summed E-state index contributed by atoms with van der Waals surface area (Å²) in [5, 5.41) is 7.63. The third-order valence-corrected chi connectivity index (χ3v) is 6.48. The normalized spacial score (nSPS) is 19.0. The van der Waals surface area contributed by atoms with Gasteiger partial charge in [0.15, 0.2) is 0 Å². The molecule has 3 aromatic rings. The molecule has 0 unspecified atom stereocenters. The van der Waals surface area contributed by atoms with Crippen molar-refractivity contribution < 1.29 is 13.2 Å². The van der Waals surface area contributed by atoms with Crippen LogP contribution >= 0.6 is 11.6 Å². The lowest BCUT2D eigenvalue weighted by molar-refractivity contribution is -0.137. The lowest BCUT2D eigenvalue weighted by atomic mass is 9.91. The van der Waals surface area contributed by atoms with Crippen LogP contribution in [0.1, 0.15) is 36.8 Å². The molecule has 0 aliphatic heterocycles. The molecule has 5 nitrogen and oxygen atoms in total. The van der Waals surface area contributed by atoms with Gasteiger partial charge in [-0.05, 0) is 49.4 Å². The van der Waals surface area contributed by atoms with Crippen LogP contribution in [0, 0.1) is 0 Å². The van der Waals surface area contributed by atoms with Crippen molar-refractivity contribution in [3.8, 4) is 0 Å². The molecular formula is C24H27ClF3N5. The van der Waals surface area contributed by atoms with Gasteiger partial charge in [0.1, 0.15) is 5.82 Å². The van der Waals surface area contributed by atoms with E-state index in [2.05, 4.69) is 15.6 Å². The summed E-state index contributed by atoms with van der Waals surface area (Å²) in [5.74, 6) is 1.49.